The van der Waals surface area contributed by atoms with Gasteiger partial charge in [0.15, 0.2) is 0 Å². The summed E-state index contributed by atoms with van der Waals surface area (Å²) in [6.07, 6.45) is 5.79. The molecule has 4 heteroatoms. The van der Waals surface area contributed by atoms with E-state index in [0.717, 1.165) is 19.4 Å². The van der Waals surface area contributed by atoms with Gasteiger partial charge in [-0.15, -0.1) is 0 Å². The fourth-order valence-corrected chi connectivity index (χ4v) is 2.68. The van der Waals surface area contributed by atoms with Crippen LogP contribution in [0.4, 0.5) is 0 Å². The lowest BCUT2D eigenvalue weighted by Gasteiger charge is -2.34. The first-order valence-corrected chi connectivity index (χ1v) is 8.00. The lowest BCUT2D eigenvalue weighted by molar-refractivity contribution is -0.146. The molecule has 0 aliphatic heterocycles. The lowest BCUT2D eigenvalue weighted by atomic mass is 9.76. The molecule has 1 fully saturated rings. The molecule has 1 saturated carbocycles. The van der Waals surface area contributed by atoms with Crippen LogP contribution in [0.1, 0.15) is 59.8 Å². The fraction of sp³-hybridized carbons (Fsp3) is 0.938. The van der Waals surface area contributed by atoms with E-state index in [2.05, 4.69) is 19.2 Å². The van der Waals surface area contributed by atoms with Crippen LogP contribution in [-0.2, 0) is 14.3 Å². The lowest BCUT2D eigenvalue weighted by Crippen LogP contribution is -2.39. The van der Waals surface area contributed by atoms with Crippen LogP contribution in [0.5, 0.6) is 0 Å². The summed E-state index contributed by atoms with van der Waals surface area (Å²) >= 11 is 0. The highest BCUT2D eigenvalue weighted by Crippen LogP contribution is 2.36. The molecule has 0 amide bonds. The molecule has 0 heterocycles. The van der Waals surface area contributed by atoms with Gasteiger partial charge in [-0.05, 0) is 51.0 Å². The highest BCUT2D eigenvalue weighted by molar-refractivity contribution is 5.75. The Morgan fingerprint density at radius 3 is 2.50 bits per heavy atom. The van der Waals surface area contributed by atoms with Gasteiger partial charge in [-0.1, -0.05) is 20.8 Å². The largest absolute Gasteiger partial charge is 0.465 e. The minimum atomic E-state index is -0.236. The second kappa shape index (κ2) is 8.63. The van der Waals surface area contributed by atoms with Gasteiger partial charge in [-0.2, -0.15) is 0 Å². The summed E-state index contributed by atoms with van der Waals surface area (Å²) in [6.45, 7) is 10.3. The number of carbonyl (C=O) groups is 1. The average Bonchev–Trinajstić information content (AvgIpc) is 2.40. The smallest absolute Gasteiger partial charge is 0.323 e. The zero-order chi connectivity index (χ0) is 15.0. The van der Waals surface area contributed by atoms with E-state index < -0.39 is 0 Å². The van der Waals surface area contributed by atoms with Crippen LogP contribution in [0.3, 0.4) is 0 Å². The number of ether oxygens (including phenoxy) is 2. The van der Waals surface area contributed by atoms with Crippen LogP contribution in [0, 0.1) is 5.41 Å². The average molecular weight is 285 g/mol. The second-order valence-corrected chi connectivity index (χ2v) is 6.39. The van der Waals surface area contributed by atoms with Crippen LogP contribution >= 0.6 is 0 Å². The summed E-state index contributed by atoms with van der Waals surface area (Å²) in [6, 6.07) is -0.236. The third kappa shape index (κ3) is 6.23. The van der Waals surface area contributed by atoms with Crippen LogP contribution in [0.15, 0.2) is 0 Å². The van der Waals surface area contributed by atoms with Gasteiger partial charge in [-0.25, -0.2) is 0 Å². The van der Waals surface area contributed by atoms with Crippen molar-refractivity contribution in [2.24, 2.45) is 5.41 Å². The standard InChI is InChI=1S/C16H31NO3/c1-5-17-14(15(18)19-6-2)9-12-20-13-7-10-16(3,4)11-8-13/h13-14,17H,5-12H2,1-4H3. The van der Waals surface area contributed by atoms with Crippen molar-refractivity contribution in [2.75, 3.05) is 19.8 Å². The first-order chi connectivity index (χ1) is 9.48. The minimum Gasteiger partial charge on any atom is -0.465 e. The van der Waals surface area contributed by atoms with Gasteiger partial charge in [0.1, 0.15) is 6.04 Å². The molecular weight excluding hydrogens is 254 g/mol. The summed E-state index contributed by atoms with van der Waals surface area (Å²) < 4.78 is 11.0. The number of hydrogen-bond donors (Lipinski definition) is 1. The molecule has 4 nitrogen and oxygen atoms in total. The van der Waals surface area contributed by atoms with E-state index in [1.807, 2.05) is 13.8 Å². The molecule has 1 aliphatic rings. The van der Waals surface area contributed by atoms with E-state index in [1.54, 1.807) is 0 Å². The zero-order valence-corrected chi connectivity index (χ0v) is 13.5. The summed E-state index contributed by atoms with van der Waals surface area (Å²) in [5, 5.41) is 3.16. The Kier molecular flexibility index (Phi) is 7.52. The van der Waals surface area contributed by atoms with Crippen LogP contribution in [0.25, 0.3) is 0 Å². The van der Waals surface area contributed by atoms with Gasteiger partial charge in [0.2, 0.25) is 0 Å². The quantitative estimate of drug-likeness (QED) is 0.697. The van der Waals surface area contributed by atoms with E-state index in [1.165, 1.54) is 12.8 Å². The molecule has 0 spiro atoms. The number of rotatable bonds is 8. The summed E-state index contributed by atoms with van der Waals surface area (Å²) in [4.78, 5) is 11.8. The van der Waals surface area contributed by atoms with Crippen LogP contribution in [0.2, 0.25) is 0 Å². The van der Waals surface area contributed by atoms with E-state index in [0.29, 0.717) is 31.2 Å². The molecule has 0 aromatic carbocycles. The van der Waals surface area contributed by atoms with Gasteiger partial charge in [0.25, 0.3) is 0 Å². The monoisotopic (exact) mass is 285 g/mol. The van der Waals surface area contributed by atoms with Crippen molar-refractivity contribution >= 4 is 5.97 Å². The maximum Gasteiger partial charge on any atom is 0.323 e. The van der Waals surface area contributed by atoms with Crippen molar-refractivity contribution in [3.63, 3.8) is 0 Å². The van der Waals surface area contributed by atoms with Crippen molar-refractivity contribution in [2.45, 2.75) is 71.9 Å². The normalized spacial score (nSPS) is 20.6. The molecule has 0 bridgehead atoms. The Bertz CT molecular complexity index is 281. The number of nitrogens with one attached hydrogen (secondary N) is 1. The molecule has 1 aliphatic carbocycles. The number of likely N-dealkylation sites (N-methyl/N-ethyl adjacent to an activating group) is 1. The highest BCUT2D eigenvalue weighted by Gasteiger charge is 2.27. The molecule has 1 rings (SSSR count). The molecule has 0 aromatic rings. The van der Waals surface area contributed by atoms with Crippen molar-refractivity contribution in [3.05, 3.63) is 0 Å². The molecular formula is C16H31NO3. The Hall–Kier alpha value is -0.610. The minimum absolute atomic E-state index is 0.164. The summed E-state index contributed by atoms with van der Waals surface area (Å²) in [5.41, 5.74) is 0.469. The third-order valence-corrected chi connectivity index (χ3v) is 4.07. The van der Waals surface area contributed by atoms with E-state index in [-0.39, 0.29) is 12.0 Å². The third-order valence-electron chi connectivity index (χ3n) is 4.07. The van der Waals surface area contributed by atoms with Gasteiger partial charge in [0.05, 0.1) is 12.7 Å². The number of esters is 1. The topological polar surface area (TPSA) is 47.6 Å². The van der Waals surface area contributed by atoms with Crippen molar-refractivity contribution < 1.29 is 14.3 Å². The zero-order valence-electron chi connectivity index (χ0n) is 13.5. The fourth-order valence-electron chi connectivity index (χ4n) is 2.68. The van der Waals surface area contributed by atoms with Gasteiger partial charge < -0.3 is 14.8 Å². The van der Waals surface area contributed by atoms with Gasteiger partial charge >= 0.3 is 5.97 Å². The predicted molar refractivity (Wildman–Crippen MR) is 80.7 cm³/mol. The number of carbonyl (C=O) groups excluding carboxylic acids is 1. The van der Waals surface area contributed by atoms with Crippen LogP contribution < -0.4 is 5.32 Å². The van der Waals surface area contributed by atoms with Crippen molar-refractivity contribution in [1.82, 2.24) is 5.32 Å². The Morgan fingerprint density at radius 2 is 1.95 bits per heavy atom. The Morgan fingerprint density at radius 1 is 1.30 bits per heavy atom. The Balaban J connectivity index is 2.25. The van der Waals surface area contributed by atoms with Gasteiger partial charge in [-0.3, -0.25) is 4.79 Å². The summed E-state index contributed by atoms with van der Waals surface area (Å²) in [5.74, 6) is -0.164. The van der Waals surface area contributed by atoms with Crippen molar-refractivity contribution in [3.8, 4) is 0 Å². The van der Waals surface area contributed by atoms with Gasteiger partial charge in [0, 0.05) is 6.61 Å². The molecule has 118 valence electrons. The SMILES string of the molecule is CCNC(CCOC1CCC(C)(C)CC1)C(=O)OCC. The van der Waals surface area contributed by atoms with Crippen molar-refractivity contribution in [1.29, 1.82) is 0 Å². The first-order valence-electron chi connectivity index (χ1n) is 8.00. The molecule has 1 atom stereocenters. The molecule has 1 N–H and O–H groups in total. The summed E-state index contributed by atoms with van der Waals surface area (Å²) in [7, 11) is 0. The molecule has 1 unspecified atom stereocenters. The van der Waals surface area contributed by atoms with E-state index in [4.69, 9.17) is 9.47 Å². The van der Waals surface area contributed by atoms with Crippen LogP contribution in [-0.4, -0.2) is 37.9 Å². The van der Waals surface area contributed by atoms with E-state index >= 15 is 0 Å². The second-order valence-electron chi connectivity index (χ2n) is 6.39. The maximum absolute atomic E-state index is 11.8. The number of hydrogen-bond acceptors (Lipinski definition) is 4. The molecule has 20 heavy (non-hydrogen) atoms. The predicted octanol–water partition coefficient (Wildman–Crippen LogP) is 2.90. The van der Waals surface area contributed by atoms with E-state index in [9.17, 15) is 4.79 Å². The first kappa shape index (κ1) is 17.4. The molecule has 0 saturated heterocycles. The highest BCUT2D eigenvalue weighted by atomic mass is 16.5. The maximum atomic E-state index is 11.8. The molecule has 0 radical (unpaired) electrons. The Labute approximate surface area is 123 Å². The molecule has 0 aromatic heterocycles.